The molecule has 96 valence electrons. The Morgan fingerprint density at radius 3 is 2.56 bits per heavy atom. The zero-order chi connectivity index (χ0) is 12.2. The van der Waals surface area contributed by atoms with Crippen molar-refractivity contribution < 1.29 is 8.42 Å². The van der Waals surface area contributed by atoms with Crippen LogP contribution in [0.4, 0.5) is 0 Å². The van der Waals surface area contributed by atoms with Gasteiger partial charge in [0.05, 0.1) is 5.75 Å². The van der Waals surface area contributed by atoms with E-state index in [1.807, 2.05) is 6.92 Å². The van der Waals surface area contributed by atoms with E-state index >= 15 is 0 Å². The van der Waals surface area contributed by atoms with E-state index in [4.69, 9.17) is 5.73 Å². The molecule has 0 aromatic heterocycles. The van der Waals surface area contributed by atoms with Crippen LogP contribution in [0.25, 0.3) is 0 Å². The molecule has 1 heterocycles. The zero-order valence-corrected chi connectivity index (χ0v) is 11.2. The molecule has 2 unspecified atom stereocenters. The summed E-state index contributed by atoms with van der Waals surface area (Å²) in [4.78, 5) is 2.25. The smallest absolute Gasteiger partial charge is 0.151 e. The summed E-state index contributed by atoms with van der Waals surface area (Å²) < 4.78 is 23.2. The van der Waals surface area contributed by atoms with Crippen LogP contribution >= 0.6 is 0 Å². The Kier molecular flexibility index (Phi) is 5.21. The van der Waals surface area contributed by atoms with Crippen LogP contribution in [0.15, 0.2) is 0 Å². The highest BCUT2D eigenvalue weighted by Gasteiger charge is 2.28. The molecule has 2 atom stereocenters. The molecule has 0 bridgehead atoms. The van der Waals surface area contributed by atoms with Crippen LogP contribution in [-0.2, 0) is 9.84 Å². The standard InChI is InChI=1S/C11H24N2O2S/c1-3-5-16(14,15)6-4-13-9-11(8-12)7-10(13)2/h10-11H,3-9,12H2,1-2H3. The van der Waals surface area contributed by atoms with Crippen LogP contribution in [0.1, 0.15) is 26.7 Å². The maximum Gasteiger partial charge on any atom is 0.151 e. The molecule has 0 saturated carbocycles. The predicted molar refractivity (Wildman–Crippen MR) is 67.1 cm³/mol. The second-order valence-corrected chi connectivity index (χ2v) is 7.14. The van der Waals surface area contributed by atoms with Crippen molar-refractivity contribution in [1.82, 2.24) is 4.90 Å². The van der Waals surface area contributed by atoms with E-state index in [-0.39, 0.29) is 0 Å². The van der Waals surface area contributed by atoms with Gasteiger partial charge in [-0.3, -0.25) is 4.90 Å². The van der Waals surface area contributed by atoms with E-state index in [0.29, 0.717) is 43.0 Å². The van der Waals surface area contributed by atoms with Gasteiger partial charge >= 0.3 is 0 Å². The molecule has 2 N–H and O–H groups in total. The Labute approximate surface area is 99.1 Å². The summed E-state index contributed by atoms with van der Waals surface area (Å²) in [5, 5.41) is 0. The molecule has 0 radical (unpaired) electrons. The third-order valence-corrected chi connectivity index (χ3v) is 5.16. The largest absolute Gasteiger partial charge is 0.330 e. The fraction of sp³-hybridized carbons (Fsp3) is 1.00. The number of likely N-dealkylation sites (tertiary alicyclic amines) is 1. The van der Waals surface area contributed by atoms with Crippen molar-refractivity contribution >= 4 is 9.84 Å². The van der Waals surface area contributed by atoms with E-state index in [9.17, 15) is 8.42 Å². The zero-order valence-electron chi connectivity index (χ0n) is 10.4. The molecule has 1 rings (SSSR count). The van der Waals surface area contributed by atoms with Crippen molar-refractivity contribution in [1.29, 1.82) is 0 Å². The molecule has 1 aliphatic rings. The van der Waals surface area contributed by atoms with Gasteiger partial charge in [0.15, 0.2) is 9.84 Å². The molecule has 16 heavy (non-hydrogen) atoms. The van der Waals surface area contributed by atoms with Crippen molar-refractivity contribution in [3.63, 3.8) is 0 Å². The Balaban J connectivity index is 2.38. The van der Waals surface area contributed by atoms with Crippen molar-refractivity contribution in [3.8, 4) is 0 Å². The van der Waals surface area contributed by atoms with Crippen LogP contribution in [0, 0.1) is 5.92 Å². The fourth-order valence-corrected chi connectivity index (χ4v) is 3.71. The van der Waals surface area contributed by atoms with E-state index in [2.05, 4.69) is 11.8 Å². The van der Waals surface area contributed by atoms with Gasteiger partial charge in [-0.05, 0) is 32.2 Å². The van der Waals surface area contributed by atoms with E-state index < -0.39 is 9.84 Å². The highest BCUT2D eigenvalue weighted by atomic mass is 32.2. The minimum Gasteiger partial charge on any atom is -0.330 e. The molecule has 0 spiro atoms. The Bertz CT molecular complexity index is 303. The first-order valence-corrected chi connectivity index (χ1v) is 7.95. The van der Waals surface area contributed by atoms with Crippen LogP contribution in [0.3, 0.4) is 0 Å². The summed E-state index contributed by atoms with van der Waals surface area (Å²) in [5.41, 5.74) is 5.64. The SMILES string of the molecule is CCCS(=O)(=O)CCN1CC(CN)CC1C. The van der Waals surface area contributed by atoms with Crippen molar-refractivity contribution in [3.05, 3.63) is 0 Å². The van der Waals surface area contributed by atoms with Gasteiger partial charge in [-0.1, -0.05) is 6.92 Å². The van der Waals surface area contributed by atoms with Gasteiger partial charge in [0.2, 0.25) is 0 Å². The minimum absolute atomic E-state index is 0.294. The minimum atomic E-state index is -2.84. The fourth-order valence-electron chi connectivity index (χ4n) is 2.37. The van der Waals surface area contributed by atoms with Gasteiger partial charge in [-0.25, -0.2) is 8.42 Å². The predicted octanol–water partition coefficient (Wildman–Crippen LogP) is 0.480. The quantitative estimate of drug-likeness (QED) is 0.742. The third kappa shape index (κ3) is 4.03. The first-order chi connectivity index (χ1) is 7.48. The van der Waals surface area contributed by atoms with Crippen molar-refractivity contribution in [2.45, 2.75) is 32.7 Å². The first kappa shape index (κ1) is 13.9. The lowest BCUT2D eigenvalue weighted by atomic mass is 10.1. The molecule has 1 saturated heterocycles. The first-order valence-electron chi connectivity index (χ1n) is 6.13. The number of hydrogen-bond donors (Lipinski definition) is 1. The van der Waals surface area contributed by atoms with Gasteiger partial charge in [0, 0.05) is 24.9 Å². The third-order valence-electron chi connectivity index (χ3n) is 3.33. The van der Waals surface area contributed by atoms with Crippen LogP contribution in [0.5, 0.6) is 0 Å². The second kappa shape index (κ2) is 5.98. The molecular formula is C11H24N2O2S. The van der Waals surface area contributed by atoms with E-state index in [1.165, 1.54) is 0 Å². The summed E-state index contributed by atoms with van der Waals surface area (Å²) in [6.07, 6.45) is 1.81. The summed E-state index contributed by atoms with van der Waals surface area (Å²) in [7, 11) is -2.84. The molecule has 0 aromatic rings. The summed E-state index contributed by atoms with van der Waals surface area (Å²) in [5.74, 6) is 1.15. The molecule has 0 aromatic carbocycles. The maximum atomic E-state index is 11.6. The van der Waals surface area contributed by atoms with Crippen LogP contribution in [-0.4, -0.2) is 50.5 Å². The second-order valence-electron chi connectivity index (χ2n) is 4.83. The summed E-state index contributed by atoms with van der Waals surface area (Å²) in [6.45, 7) is 6.39. The van der Waals surface area contributed by atoms with Crippen LogP contribution in [0.2, 0.25) is 0 Å². The van der Waals surface area contributed by atoms with Gasteiger partial charge in [-0.2, -0.15) is 0 Å². The molecule has 4 nitrogen and oxygen atoms in total. The van der Waals surface area contributed by atoms with E-state index in [0.717, 1.165) is 13.0 Å². The van der Waals surface area contributed by atoms with E-state index in [1.54, 1.807) is 0 Å². The molecule has 0 amide bonds. The highest BCUT2D eigenvalue weighted by molar-refractivity contribution is 7.91. The monoisotopic (exact) mass is 248 g/mol. The number of nitrogens with zero attached hydrogens (tertiary/aromatic N) is 1. The molecule has 1 aliphatic heterocycles. The normalized spacial score (nSPS) is 27.4. The van der Waals surface area contributed by atoms with Crippen LogP contribution < -0.4 is 5.73 Å². The lowest BCUT2D eigenvalue weighted by Crippen LogP contribution is -2.33. The number of nitrogens with two attached hydrogens (primary N) is 1. The Morgan fingerprint density at radius 2 is 2.06 bits per heavy atom. The molecule has 5 heteroatoms. The summed E-state index contributed by atoms with van der Waals surface area (Å²) in [6, 6.07) is 0.477. The van der Waals surface area contributed by atoms with Gasteiger partial charge in [0.1, 0.15) is 0 Å². The van der Waals surface area contributed by atoms with Crippen molar-refractivity contribution in [2.75, 3.05) is 31.1 Å². The van der Waals surface area contributed by atoms with Gasteiger partial charge in [0.25, 0.3) is 0 Å². The molecule has 1 fully saturated rings. The summed E-state index contributed by atoms with van der Waals surface area (Å²) >= 11 is 0. The Hall–Kier alpha value is -0.130. The number of rotatable bonds is 6. The molecule has 0 aliphatic carbocycles. The lowest BCUT2D eigenvalue weighted by Gasteiger charge is -2.20. The number of hydrogen-bond acceptors (Lipinski definition) is 4. The topological polar surface area (TPSA) is 63.4 Å². The Morgan fingerprint density at radius 1 is 1.38 bits per heavy atom. The number of sulfone groups is 1. The van der Waals surface area contributed by atoms with Gasteiger partial charge < -0.3 is 5.73 Å². The lowest BCUT2D eigenvalue weighted by molar-refractivity contribution is 0.280. The molecular weight excluding hydrogens is 224 g/mol. The van der Waals surface area contributed by atoms with Gasteiger partial charge in [-0.15, -0.1) is 0 Å². The maximum absolute atomic E-state index is 11.6. The average molecular weight is 248 g/mol. The highest BCUT2D eigenvalue weighted by Crippen LogP contribution is 2.21. The van der Waals surface area contributed by atoms with Crippen molar-refractivity contribution in [2.24, 2.45) is 11.7 Å². The average Bonchev–Trinajstić information content (AvgIpc) is 2.56.